The molecular weight excluding hydrogens is 269 g/mol. The molecule has 0 saturated carbocycles. The Morgan fingerprint density at radius 2 is 2.00 bits per heavy atom. The van der Waals surface area contributed by atoms with Gasteiger partial charge in [-0.1, -0.05) is 33.8 Å². The summed E-state index contributed by atoms with van der Waals surface area (Å²) in [4.78, 5) is 0. The van der Waals surface area contributed by atoms with Crippen molar-refractivity contribution >= 4 is 15.9 Å². The first-order chi connectivity index (χ1) is 6.95. The smallest absolute Gasteiger partial charge is 0.166 e. The zero-order chi connectivity index (χ0) is 11.5. The van der Waals surface area contributed by atoms with E-state index in [0.717, 1.165) is 17.7 Å². The van der Waals surface area contributed by atoms with Crippen molar-refractivity contribution in [3.05, 3.63) is 34.9 Å². The maximum atomic E-state index is 12.4. The summed E-state index contributed by atoms with van der Waals surface area (Å²) in [6.45, 7) is 1.73. The lowest BCUT2D eigenvalue weighted by molar-refractivity contribution is -0.137. The molecule has 0 saturated heterocycles. The molecule has 0 nitrogen and oxygen atoms in total. The Morgan fingerprint density at radius 3 is 2.53 bits per heavy atom. The summed E-state index contributed by atoms with van der Waals surface area (Å²) in [5, 5.41) is 0.447. The van der Waals surface area contributed by atoms with Gasteiger partial charge in [-0.15, -0.1) is 0 Å². The molecule has 0 heterocycles. The molecule has 0 spiro atoms. The van der Waals surface area contributed by atoms with Crippen molar-refractivity contribution in [2.45, 2.75) is 13.1 Å². The molecule has 1 aromatic rings. The van der Waals surface area contributed by atoms with E-state index in [-0.39, 0.29) is 0 Å². The fourth-order valence-corrected chi connectivity index (χ4v) is 1.20. The lowest BCUT2D eigenvalue weighted by Crippen LogP contribution is -2.05. The van der Waals surface area contributed by atoms with Gasteiger partial charge in [0, 0.05) is 5.56 Å². The van der Waals surface area contributed by atoms with Gasteiger partial charge in [0.05, 0.1) is 10.9 Å². The number of aryl methyl sites for hydroxylation is 1. The van der Waals surface area contributed by atoms with Crippen LogP contribution in [-0.4, -0.2) is 5.33 Å². The highest BCUT2D eigenvalue weighted by Gasteiger charge is 2.30. The highest BCUT2D eigenvalue weighted by molar-refractivity contribution is 9.09. The highest BCUT2D eigenvalue weighted by atomic mass is 79.9. The summed E-state index contributed by atoms with van der Waals surface area (Å²) in [5.74, 6) is 5.36. The summed E-state index contributed by atoms with van der Waals surface area (Å²) in [6.07, 6.45) is -4.31. The minimum atomic E-state index is -4.31. The van der Waals surface area contributed by atoms with Gasteiger partial charge >= 0.3 is 6.18 Å². The van der Waals surface area contributed by atoms with Crippen LogP contribution in [0.25, 0.3) is 0 Å². The molecule has 0 fully saturated rings. The van der Waals surface area contributed by atoms with Crippen LogP contribution in [0.15, 0.2) is 18.2 Å². The second-order valence-corrected chi connectivity index (χ2v) is 3.52. The molecule has 0 aliphatic rings. The van der Waals surface area contributed by atoms with E-state index < -0.39 is 11.7 Å². The van der Waals surface area contributed by atoms with E-state index in [1.54, 1.807) is 6.92 Å². The van der Waals surface area contributed by atoms with Crippen molar-refractivity contribution in [3.8, 4) is 11.8 Å². The van der Waals surface area contributed by atoms with E-state index in [1.807, 2.05) is 0 Å². The summed E-state index contributed by atoms with van der Waals surface area (Å²) < 4.78 is 37.1. The molecule has 0 atom stereocenters. The third-order valence-corrected chi connectivity index (χ3v) is 2.14. The van der Waals surface area contributed by atoms with Crippen LogP contribution in [0, 0.1) is 18.8 Å². The number of alkyl halides is 4. The van der Waals surface area contributed by atoms with Crippen LogP contribution in [0.3, 0.4) is 0 Å². The minimum absolute atomic E-state index is 0.421. The van der Waals surface area contributed by atoms with Gasteiger partial charge in [0.1, 0.15) is 0 Å². The van der Waals surface area contributed by atoms with Gasteiger partial charge in [0.25, 0.3) is 0 Å². The largest absolute Gasteiger partial charge is 0.416 e. The molecule has 0 aliphatic heterocycles. The van der Waals surface area contributed by atoms with Crippen molar-refractivity contribution in [1.29, 1.82) is 0 Å². The Kier molecular flexibility index (Phi) is 3.81. The number of hydrogen-bond acceptors (Lipinski definition) is 0. The molecule has 15 heavy (non-hydrogen) atoms. The van der Waals surface area contributed by atoms with Crippen molar-refractivity contribution < 1.29 is 13.2 Å². The van der Waals surface area contributed by atoms with Crippen molar-refractivity contribution in [3.63, 3.8) is 0 Å². The number of benzene rings is 1. The quantitative estimate of drug-likeness (QED) is 0.500. The van der Waals surface area contributed by atoms with E-state index in [2.05, 4.69) is 27.8 Å². The van der Waals surface area contributed by atoms with E-state index in [1.165, 1.54) is 6.07 Å². The molecule has 4 heteroatoms. The molecule has 0 bridgehead atoms. The van der Waals surface area contributed by atoms with Crippen LogP contribution >= 0.6 is 15.9 Å². The minimum Gasteiger partial charge on any atom is -0.166 e. The molecule has 0 amide bonds. The summed E-state index contributed by atoms with van der Waals surface area (Å²) >= 11 is 3.09. The number of rotatable bonds is 0. The normalized spacial score (nSPS) is 10.7. The Hall–Kier alpha value is -0.950. The molecule has 0 N–H and O–H groups in total. The molecule has 1 aromatic carbocycles. The van der Waals surface area contributed by atoms with E-state index in [4.69, 9.17) is 0 Å². The standard InChI is InChI=1S/C11H8BrF3/c1-8-4-5-10(11(13,14)15)7-9(8)3-2-6-12/h4-5,7H,6H2,1H3. The maximum Gasteiger partial charge on any atom is 0.416 e. The van der Waals surface area contributed by atoms with Crippen molar-refractivity contribution in [1.82, 2.24) is 0 Å². The predicted molar refractivity (Wildman–Crippen MR) is 56.9 cm³/mol. The molecule has 1 rings (SSSR count). The molecule has 0 radical (unpaired) electrons. The Balaban J connectivity index is 3.17. The van der Waals surface area contributed by atoms with Crippen LogP contribution in [0.2, 0.25) is 0 Å². The lowest BCUT2D eigenvalue weighted by atomic mass is 10.1. The van der Waals surface area contributed by atoms with Crippen molar-refractivity contribution in [2.24, 2.45) is 0 Å². The third-order valence-electron chi connectivity index (χ3n) is 1.85. The highest BCUT2D eigenvalue weighted by Crippen LogP contribution is 2.30. The second kappa shape index (κ2) is 4.71. The molecule has 0 aromatic heterocycles. The lowest BCUT2D eigenvalue weighted by Gasteiger charge is -2.07. The third kappa shape index (κ3) is 3.28. The zero-order valence-electron chi connectivity index (χ0n) is 7.95. The van der Waals surface area contributed by atoms with Crippen LogP contribution in [0.5, 0.6) is 0 Å². The van der Waals surface area contributed by atoms with E-state index in [9.17, 15) is 13.2 Å². The predicted octanol–water partition coefficient (Wildman–Crippen LogP) is 3.76. The van der Waals surface area contributed by atoms with Crippen LogP contribution in [-0.2, 0) is 6.18 Å². The number of halogens is 4. The molecule has 0 unspecified atom stereocenters. The second-order valence-electron chi connectivity index (χ2n) is 2.96. The summed E-state index contributed by atoms with van der Waals surface area (Å²) in [6, 6.07) is 3.57. The van der Waals surface area contributed by atoms with Gasteiger partial charge in [-0.05, 0) is 24.6 Å². The Bertz CT molecular complexity index is 410. The SMILES string of the molecule is Cc1ccc(C(F)(F)F)cc1C#CCBr. The van der Waals surface area contributed by atoms with E-state index in [0.29, 0.717) is 10.9 Å². The summed E-state index contributed by atoms with van der Waals surface area (Å²) in [5.41, 5.74) is 0.507. The van der Waals surface area contributed by atoms with E-state index >= 15 is 0 Å². The maximum absolute atomic E-state index is 12.4. The zero-order valence-corrected chi connectivity index (χ0v) is 9.54. The van der Waals surface area contributed by atoms with Gasteiger partial charge < -0.3 is 0 Å². The van der Waals surface area contributed by atoms with Crippen LogP contribution < -0.4 is 0 Å². The van der Waals surface area contributed by atoms with Crippen LogP contribution in [0.1, 0.15) is 16.7 Å². The Morgan fingerprint density at radius 1 is 1.33 bits per heavy atom. The first-order valence-corrected chi connectivity index (χ1v) is 5.30. The average molecular weight is 277 g/mol. The fraction of sp³-hybridized carbons (Fsp3) is 0.273. The molecular formula is C11H8BrF3. The summed E-state index contributed by atoms with van der Waals surface area (Å²) in [7, 11) is 0. The van der Waals surface area contributed by atoms with Gasteiger partial charge in [-0.3, -0.25) is 0 Å². The number of hydrogen-bond donors (Lipinski definition) is 0. The van der Waals surface area contributed by atoms with Crippen molar-refractivity contribution in [2.75, 3.05) is 5.33 Å². The average Bonchev–Trinajstić information content (AvgIpc) is 2.15. The van der Waals surface area contributed by atoms with Gasteiger partial charge in [0.2, 0.25) is 0 Å². The van der Waals surface area contributed by atoms with Gasteiger partial charge in [-0.2, -0.15) is 13.2 Å². The van der Waals surface area contributed by atoms with Gasteiger partial charge in [-0.25, -0.2) is 0 Å². The monoisotopic (exact) mass is 276 g/mol. The topological polar surface area (TPSA) is 0 Å². The first kappa shape index (κ1) is 12.1. The van der Waals surface area contributed by atoms with Gasteiger partial charge in [0.15, 0.2) is 0 Å². The first-order valence-electron chi connectivity index (χ1n) is 4.18. The molecule has 80 valence electrons. The fourth-order valence-electron chi connectivity index (χ4n) is 1.06. The Labute approximate surface area is 94.6 Å². The van der Waals surface area contributed by atoms with Crippen LogP contribution in [0.4, 0.5) is 13.2 Å². The molecule has 0 aliphatic carbocycles.